The lowest BCUT2D eigenvalue weighted by Crippen LogP contribution is -2.29. The molecular weight excluding hydrogens is 182 g/mol. The molecule has 0 aromatic carbocycles. The molecule has 0 radical (unpaired) electrons. The van der Waals surface area contributed by atoms with Crippen LogP contribution in [0.25, 0.3) is 0 Å². The lowest BCUT2D eigenvalue weighted by molar-refractivity contribution is -0.0702. The molecule has 72 valence electrons. The third-order valence-electron chi connectivity index (χ3n) is 2.54. The fourth-order valence-electron chi connectivity index (χ4n) is 1.70. The summed E-state index contributed by atoms with van der Waals surface area (Å²) >= 11 is 1.76. The van der Waals surface area contributed by atoms with Gasteiger partial charge in [-0.3, -0.25) is 0 Å². The highest BCUT2D eigenvalue weighted by atomic mass is 32.1. The van der Waals surface area contributed by atoms with Gasteiger partial charge in [0.25, 0.3) is 0 Å². The Labute approximate surface area is 83.0 Å². The molecule has 1 aromatic rings. The fraction of sp³-hybridized carbons (Fsp3) is 0.700. The maximum absolute atomic E-state index is 5.81. The van der Waals surface area contributed by atoms with E-state index >= 15 is 0 Å². The zero-order valence-electron chi connectivity index (χ0n) is 8.17. The highest BCUT2D eigenvalue weighted by Gasteiger charge is 2.32. The summed E-state index contributed by atoms with van der Waals surface area (Å²) in [7, 11) is 0. The Morgan fingerprint density at radius 2 is 2.38 bits per heavy atom. The van der Waals surface area contributed by atoms with Crippen LogP contribution in [0.3, 0.4) is 0 Å². The minimum atomic E-state index is -0.100. The van der Waals surface area contributed by atoms with Gasteiger partial charge in [-0.15, -0.1) is 11.3 Å². The predicted molar refractivity (Wildman–Crippen MR) is 54.0 cm³/mol. The maximum atomic E-state index is 5.81. The normalized spacial score (nSPS) is 29.1. The molecule has 1 atom stereocenters. The summed E-state index contributed by atoms with van der Waals surface area (Å²) in [6, 6.07) is 0. The van der Waals surface area contributed by atoms with Crippen LogP contribution in [-0.2, 0) is 10.3 Å². The van der Waals surface area contributed by atoms with Gasteiger partial charge in [0.05, 0.1) is 0 Å². The van der Waals surface area contributed by atoms with Crippen molar-refractivity contribution in [3.63, 3.8) is 0 Å². The second kappa shape index (κ2) is 3.39. The molecule has 0 amide bonds. The first-order chi connectivity index (χ1) is 6.21. The van der Waals surface area contributed by atoms with Crippen LogP contribution in [-0.4, -0.2) is 11.6 Å². The van der Waals surface area contributed by atoms with Gasteiger partial charge in [0.2, 0.25) is 0 Å². The standard InChI is InChI=1S/C10H15NOS/c1-8-7-11-9(13-8)10(2)5-3-4-6-12-10/h7H,3-6H2,1-2H3. The first kappa shape index (κ1) is 9.16. The molecule has 3 heteroatoms. The molecular formula is C10H15NOS. The summed E-state index contributed by atoms with van der Waals surface area (Å²) in [5.41, 5.74) is -0.100. The summed E-state index contributed by atoms with van der Waals surface area (Å²) in [4.78, 5) is 5.67. The molecule has 1 unspecified atom stereocenters. The summed E-state index contributed by atoms with van der Waals surface area (Å²) in [6.45, 7) is 5.13. The van der Waals surface area contributed by atoms with Gasteiger partial charge in [-0.05, 0) is 33.1 Å². The molecule has 2 nitrogen and oxygen atoms in total. The monoisotopic (exact) mass is 197 g/mol. The number of aryl methyl sites for hydroxylation is 1. The Hall–Kier alpha value is -0.410. The maximum Gasteiger partial charge on any atom is 0.125 e. The number of hydrogen-bond acceptors (Lipinski definition) is 3. The average molecular weight is 197 g/mol. The van der Waals surface area contributed by atoms with E-state index in [-0.39, 0.29) is 5.60 Å². The number of ether oxygens (including phenoxy) is 1. The Morgan fingerprint density at radius 1 is 1.54 bits per heavy atom. The largest absolute Gasteiger partial charge is 0.368 e. The molecule has 13 heavy (non-hydrogen) atoms. The van der Waals surface area contributed by atoms with Crippen molar-refractivity contribution in [3.8, 4) is 0 Å². The van der Waals surface area contributed by atoms with Crippen molar-refractivity contribution >= 4 is 11.3 Å². The van der Waals surface area contributed by atoms with Crippen molar-refractivity contribution < 1.29 is 4.74 Å². The number of hydrogen-bond donors (Lipinski definition) is 0. The van der Waals surface area contributed by atoms with Crippen molar-refractivity contribution in [2.75, 3.05) is 6.61 Å². The molecule has 2 heterocycles. The Kier molecular flexibility index (Phi) is 2.39. The highest BCUT2D eigenvalue weighted by molar-refractivity contribution is 7.11. The summed E-state index contributed by atoms with van der Waals surface area (Å²) in [5.74, 6) is 0. The Bertz CT molecular complexity index is 289. The van der Waals surface area contributed by atoms with E-state index in [0.29, 0.717) is 0 Å². The zero-order valence-corrected chi connectivity index (χ0v) is 8.99. The number of aromatic nitrogens is 1. The molecule has 0 aliphatic carbocycles. The number of thiazole rings is 1. The van der Waals surface area contributed by atoms with Crippen LogP contribution in [0.15, 0.2) is 6.20 Å². The third-order valence-corrected chi connectivity index (χ3v) is 3.70. The van der Waals surface area contributed by atoms with E-state index in [4.69, 9.17) is 4.74 Å². The van der Waals surface area contributed by atoms with Crippen LogP contribution in [0.2, 0.25) is 0 Å². The topological polar surface area (TPSA) is 22.1 Å². The van der Waals surface area contributed by atoms with Crippen molar-refractivity contribution in [1.82, 2.24) is 4.98 Å². The Morgan fingerprint density at radius 3 is 2.92 bits per heavy atom. The molecule has 0 bridgehead atoms. The van der Waals surface area contributed by atoms with Crippen LogP contribution in [0, 0.1) is 6.92 Å². The van der Waals surface area contributed by atoms with Crippen LogP contribution in [0.4, 0.5) is 0 Å². The lowest BCUT2D eigenvalue weighted by Gasteiger charge is -2.31. The van der Waals surface area contributed by atoms with Crippen molar-refractivity contribution in [3.05, 3.63) is 16.1 Å². The number of nitrogens with zero attached hydrogens (tertiary/aromatic N) is 1. The van der Waals surface area contributed by atoms with Crippen LogP contribution < -0.4 is 0 Å². The van der Waals surface area contributed by atoms with E-state index in [1.54, 1.807) is 11.3 Å². The second-order valence-corrected chi connectivity index (χ2v) is 5.05. The molecule has 0 spiro atoms. The number of rotatable bonds is 1. The van der Waals surface area contributed by atoms with Gasteiger partial charge >= 0.3 is 0 Å². The third kappa shape index (κ3) is 1.76. The van der Waals surface area contributed by atoms with E-state index in [1.165, 1.54) is 17.7 Å². The van der Waals surface area contributed by atoms with Gasteiger partial charge in [-0.25, -0.2) is 4.98 Å². The fourth-order valence-corrected chi connectivity index (χ4v) is 2.59. The predicted octanol–water partition coefficient (Wildman–Crippen LogP) is 2.87. The van der Waals surface area contributed by atoms with E-state index in [2.05, 4.69) is 18.8 Å². The van der Waals surface area contributed by atoms with Gasteiger partial charge in [-0.2, -0.15) is 0 Å². The van der Waals surface area contributed by atoms with Crippen LogP contribution in [0.5, 0.6) is 0 Å². The molecule has 1 saturated heterocycles. The first-order valence-electron chi connectivity index (χ1n) is 4.78. The SMILES string of the molecule is Cc1cnc(C2(C)CCCCO2)s1. The summed E-state index contributed by atoms with van der Waals surface area (Å²) in [6.07, 6.45) is 5.50. The van der Waals surface area contributed by atoms with Gasteiger partial charge in [0.15, 0.2) is 0 Å². The first-order valence-corrected chi connectivity index (χ1v) is 5.59. The van der Waals surface area contributed by atoms with Gasteiger partial charge < -0.3 is 4.74 Å². The second-order valence-electron chi connectivity index (χ2n) is 3.81. The van der Waals surface area contributed by atoms with Gasteiger partial charge in [0, 0.05) is 17.7 Å². The quantitative estimate of drug-likeness (QED) is 0.690. The van der Waals surface area contributed by atoms with E-state index in [9.17, 15) is 0 Å². The lowest BCUT2D eigenvalue weighted by atomic mass is 9.97. The van der Waals surface area contributed by atoms with E-state index in [1.807, 2.05) is 6.20 Å². The molecule has 1 aromatic heterocycles. The van der Waals surface area contributed by atoms with E-state index < -0.39 is 0 Å². The summed E-state index contributed by atoms with van der Waals surface area (Å²) < 4.78 is 5.81. The van der Waals surface area contributed by atoms with Crippen molar-refractivity contribution in [1.29, 1.82) is 0 Å². The molecule has 2 rings (SSSR count). The minimum Gasteiger partial charge on any atom is -0.368 e. The van der Waals surface area contributed by atoms with Crippen molar-refractivity contribution in [2.45, 2.75) is 38.7 Å². The van der Waals surface area contributed by atoms with E-state index in [0.717, 1.165) is 18.0 Å². The molecule has 1 aliphatic heterocycles. The Balaban J connectivity index is 2.22. The average Bonchev–Trinajstić information content (AvgIpc) is 2.54. The highest BCUT2D eigenvalue weighted by Crippen LogP contribution is 2.36. The smallest absolute Gasteiger partial charge is 0.125 e. The summed E-state index contributed by atoms with van der Waals surface area (Å²) in [5, 5.41) is 1.14. The van der Waals surface area contributed by atoms with Gasteiger partial charge in [0.1, 0.15) is 10.6 Å². The minimum absolute atomic E-state index is 0.100. The van der Waals surface area contributed by atoms with Crippen LogP contribution in [0.1, 0.15) is 36.1 Å². The molecule has 1 aliphatic rings. The molecule has 0 saturated carbocycles. The molecule has 1 fully saturated rings. The van der Waals surface area contributed by atoms with Crippen molar-refractivity contribution in [2.24, 2.45) is 0 Å². The molecule has 0 N–H and O–H groups in total. The van der Waals surface area contributed by atoms with Crippen LogP contribution >= 0.6 is 11.3 Å². The zero-order chi connectivity index (χ0) is 9.31. The van der Waals surface area contributed by atoms with Gasteiger partial charge in [-0.1, -0.05) is 0 Å².